The van der Waals surface area contributed by atoms with Gasteiger partial charge in [-0.25, -0.2) is 0 Å². The van der Waals surface area contributed by atoms with Crippen LogP contribution < -0.4 is 5.32 Å². The van der Waals surface area contributed by atoms with Crippen molar-refractivity contribution in [2.45, 2.75) is 25.4 Å². The molecule has 0 saturated carbocycles. The fourth-order valence-corrected chi connectivity index (χ4v) is 2.66. The third kappa shape index (κ3) is 3.26. The highest BCUT2D eigenvalue weighted by Crippen LogP contribution is 2.23. The van der Waals surface area contributed by atoms with Crippen LogP contribution in [0.2, 0.25) is 0 Å². The molecule has 86 valence electrons. The van der Waals surface area contributed by atoms with Gasteiger partial charge in [0.2, 0.25) is 0 Å². The molecule has 1 aromatic heterocycles. The van der Waals surface area contributed by atoms with Crippen LogP contribution in [-0.4, -0.2) is 29.0 Å². The summed E-state index contributed by atoms with van der Waals surface area (Å²) >= 11 is 5.09. The molecule has 0 aliphatic heterocycles. The number of rotatable bonds is 6. The summed E-state index contributed by atoms with van der Waals surface area (Å²) in [6.45, 7) is 2.50. The molecule has 0 saturated heterocycles. The summed E-state index contributed by atoms with van der Waals surface area (Å²) in [5.41, 5.74) is -0.566. The van der Waals surface area contributed by atoms with E-state index in [0.717, 1.165) is 4.47 Å². The standard InChI is InChI=1S/C10H16BrNO2S/c1-2-10(6-13,7-14)12-5-9-8(11)3-4-15-9/h3-4,12-14H,2,5-7H2,1H3. The van der Waals surface area contributed by atoms with Gasteiger partial charge in [-0.15, -0.1) is 11.3 Å². The maximum Gasteiger partial charge on any atom is 0.0648 e. The largest absolute Gasteiger partial charge is 0.394 e. The van der Waals surface area contributed by atoms with Crippen LogP contribution in [-0.2, 0) is 6.54 Å². The minimum Gasteiger partial charge on any atom is -0.394 e. The molecule has 3 N–H and O–H groups in total. The Bertz CT molecular complexity index is 291. The van der Waals surface area contributed by atoms with Crippen LogP contribution in [0.5, 0.6) is 0 Å². The average Bonchev–Trinajstić information content (AvgIpc) is 2.67. The van der Waals surface area contributed by atoms with Crippen molar-refractivity contribution in [3.8, 4) is 0 Å². The van der Waals surface area contributed by atoms with E-state index >= 15 is 0 Å². The van der Waals surface area contributed by atoms with E-state index < -0.39 is 5.54 Å². The Labute approximate surface area is 102 Å². The lowest BCUT2D eigenvalue weighted by molar-refractivity contribution is 0.0866. The van der Waals surface area contributed by atoms with E-state index in [1.54, 1.807) is 11.3 Å². The van der Waals surface area contributed by atoms with Gasteiger partial charge in [0.1, 0.15) is 0 Å². The maximum absolute atomic E-state index is 9.24. The lowest BCUT2D eigenvalue weighted by Crippen LogP contribution is -2.50. The van der Waals surface area contributed by atoms with Crippen LogP contribution in [0.25, 0.3) is 0 Å². The van der Waals surface area contributed by atoms with E-state index in [2.05, 4.69) is 21.2 Å². The van der Waals surface area contributed by atoms with Gasteiger partial charge in [0.05, 0.1) is 18.8 Å². The van der Waals surface area contributed by atoms with E-state index in [4.69, 9.17) is 0 Å². The summed E-state index contributed by atoms with van der Waals surface area (Å²) < 4.78 is 1.07. The summed E-state index contributed by atoms with van der Waals surface area (Å²) in [5, 5.41) is 23.7. The zero-order chi connectivity index (χ0) is 11.3. The molecule has 0 atom stereocenters. The van der Waals surface area contributed by atoms with E-state index in [0.29, 0.717) is 13.0 Å². The van der Waals surface area contributed by atoms with Crippen LogP contribution in [0.1, 0.15) is 18.2 Å². The molecule has 0 aliphatic carbocycles. The summed E-state index contributed by atoms with van der Waals surface area (Å²) in [7, 11) is 0. The van der Waals surface area contributed by atoms with Crippen molar-refractivity contribution in [2.24, 2.45) is 0 Å². The molecule has 1 heterocycles. The van der Waals surface area contributed by atoms with E-state index in [1.807, 2.05) is 18.4 Å². The van der Waals surface area contributed by atoms with Gasteiger partial charge in [-0.05, 0) is 33.8 Å². The average molecular weight is 294 g/mol. The smallest absolute Gasteiger partial charge is 0.0648 e. The lowest BCUT2D eigenvalue weighted by Gasteiger charge is -2.29. The fraction of sp³-hybridized carbons (Fsp3) is 0.600. The quantitative estimate of drug-likeness (QED) is 0.749. The SMILES string of the molecule is CCC(CO)(CO)NCc1sccc1Br. The number of aliphatic hydroxyl groups excluding tert-OH is 2. The number of aliphatic hydroxyl groups is 2. The number of thiophene rings is 1. The van der Waals surface area contributed by atoms with Gasteiger partial charge in [0.25, 0.3) is 0 Å². The summed E-state index contributed by atoms with van der Waals surface area (Å²) in [6, 6.07) is 1.99. The molecule has 1 rings (SSSR count). The topological polar surface area (TPSA) is 52.5 Å². The van der Waals surface area contributed by atoms with Crippen molar-refractivity contribution in [1.82, 2.24) is 5.32 Å². The van der Waals surface area contributed by atoms with Crippen LogP contribution in [0.3, 0.4) is 0 Å². The first-order valence-electron chi connectivity index (χ1n) is 4.86. The Hall–Kier alpha value is 0.0600. The zero-order valence-electron chi connectivity index (χ0n) is 8.66. The third-order valence-corrected chi connectivity index (χ3v) is 4.52. The van der Waals surface area contributed by atoms with Gasteiger partial charge >= 0.3 is 0 Å². The van der Waals surface area contributed by atoms with Crippen molar-refractivity contribution < 1.29 is 10.2 Å². The molecule has 3 nitrogen and oxygen atoms in total. The number of halogens is 1. The second kappa shape index (κ2) is 5.96. The Morgan fingerprint density at radius 3 is 2.53 bits per heavy atom. The highest BCUT2D eigenvalue weighted by atomic mass is 79.9. The molecule has 5 heteroatoms. The molecule has 0 radical (unpaired) electrons. The number of nitrogens with one attached hydrogen (secondary N) is 1. The first-order chi connectivity index (χ1) is 7.17. The van der Waals surface area contributed by atoms with Crippen LogP contribution >= 0.6 is 27.3 Å². The van der Waals surface area contributed by atoms with Crippen LogP contribution in [0.15, 0.2) is 15.9 Å². The molecule has 0 bridgehead atoms. The van der Waals surface area contributed by atoms with Gasteiger partial charge in [0.15, 0.2) is 0 Å². The van der Waals surface area contributed by atoms with Crippen molar-refractivity contribution in [2.75, 3.05) is 13.2 Å². The molecule has 0 spiro atoms. The maximum atomic E-state index is 9.24. The van der Waals surface area contributed by atoms with Gasteiger partial charge in [-0.2, -0.15) is 0 Å². The van der Waals surface area contributed by atoms with Crippen LogP contribution in [0, 0.1) is 0 Å². The molecular formula is C10H16BrNO2S. The highest BCUT2D eigenvalue weighted by Gasteiger charge is 2.25. The predicted octanol–water partition coefficient (Wildman–Crippen LogP) is 1.73. The van der Waals surface area contributed by atoms with E-state index in [-0.39, 0.29) is 13.2 Å². The molecular weight excluding hydrogens is 278 g/mol. The predicted molar refractivity (Wildman–Crippen MR) is 66.1 cm³/mol. The molecule has 0 aliphatic rings. The Balaban J connectivity index is 2.58. The van der Waals surface area contributed by atoms with E-state index in [1.165, 1.54) is 4.88 Å². The van der Waals surface area contributed by atoms with Crippen molar-refractivity contribution >= 4 is 27.3 Å². The van der Waals surface area contributed by atoms with Gasteiger partial charge in [-0.1, -0.05) is 6.92 Å². The summed E-state index contributed by atoms with van der Waals surface area (Å²) in [4.78, 5) is 1.18. The summed E-state index contributed by atoms with van der Waals surface area (Å²) in [5.74, 6) is 0. The van der Waals surface area contributed by atoms with Gasteiger partial charge < -0.3 is 15.5 Å². The molecule has 0 fully saturated rings. The highest BCUT2D eigenvalue weighted by molar-refractivity contribution is 9.10. The third-order valence-electron chi connectivity index (χ3n) is 2.60. The van der Waals surface area contributed by atoms with Crippen molar-refractivity contribution in [1.29, 1.82) is 0 Å². The minimum atomic E-state index is -0.566. The van der Waals surface area contributed by atoms with Gasteiger partial charge in [-0.3, -0.25) is 0 Å². The molecule has 0 aromatic carbocycles. The monoisotopic (exact) mass is 293 g/mol. The van der Waals surface area contributed by atoms with Crippen LogP contribution in [0.4, 0.5) is 0 Å². The molecule has 0 amide bonds. The second-order valence-electron chi connectivity index (χ2n) is 3.50. The second-order valence-corrected chi connectivity index (χ2v) is 5.35. The first kappa shape index (κ1) is 13.1. The number of hydrogen-bond acceptors (Lipinski definition) is 4. The van der Waals surface area contributed by atoms with Crippen molar-refractivity contribution in [3.63, 3.8) is 0 Å². The number of hydrogen-bond donors (Lipinski definition) is 3. The lowest BCUT2D eigenvalue weighted by atomic mass is 9.98. The Morgan fingerprint density at radius 2 is 2.13 bits per heavy atom. The van der Waals surface area contributed by atoms with E-state index in [9.17, 15) is 10.2 Å². The van der Waals surface area contributed by atoms with Gasteiger partial charge in [0, 0.05) is 15.9 Å². The summed E-state index contributed by atoms with van der Waals surface area (Å²) in [6.07, 6.45) is 0.697. The molecule has 0 unspecified atom stereocenters. The fourth-order valence-electron chi connectivity index (χ4n) is 1.23. The first-order valence-corrected chi connectivity index (χ1v) is 6.53. The zero-order valence-corrected chi connectivity index (χ0v) is 11.1. The normalized spacial score (nSPS) is 12.0. The minimum absolute atomic E-state index is 0.0526. The Morgan fingerprint density at radius 1 is 1.47 bits per heavy atom. The molecule has 15 heavy (non-hydrogen) atoms. The van der Waals surface area contributed by atoms with Crippen molar-refractivity contribution in [3.05, 3.63) is 20.8 Å². The molecule has 1 aromatic rings. The Kier molecular flexibility index (Phi) is 5.22.